The summed E-state index contributed by atoms with van der Waals surface area (Å²) in [6.45, 7) is 0. The Hall–Kier alpha value is -1.72. The van der Waals surface area contributed by atoms with E-state index in [1.807, 2.05) is 0 Å². The van der Waals surface area contributed by atoms with E-state index >= 15 is 0 Å². The zero-order chi connectivity index (χ0) is 13.2. The summed E-state index contributed by atoms with van der Waals surface area (Å²) in [5, 5.41) is 9.44. The van der Waals surface area contributed by atoms with Crippen LogP contribution in [0.3, 0.4) is 0 Å². The number of aromatic hydroxyl groups is 1. The van der Waals surface area contributed by atoms with Crippen LogP contribution < -0.4 is 4.72 Å². The molecule has 0 aliphatic rings. The number of benzene rings is 2. The SMILES string of the molecule is O=S(=O)(Nc1ccccc1Cl)c1ccc(O)cc1. The van der Waals surface area contributed by atoms with Crippen LogP contribution in [0.15, 0.2) is 53.4 Å². The van der Waals surface area contributed by atoms with Gasteiger partial charge < -0.3 is 5.11 Å². The van der Waals surface area contributed by atoms with E-state index in [-0.39, 0.29) is 10.6 Å². The van der Waals surface area contributed by atoms with Crippen molar-refractivity contribution in [2.45, 2.75) is 4.90 Å². The lowest BCUT2D eigenvalue weighted by atomic mass is 10.3. The average molecular weight is 284 g/mol. The van der Waals surface area contributed by atoms with Gasteiger partial charge in [0.05, 0.1) is 15.6 Å². The van der Waals surface area contributed by atoms with Gasteiger partial charge in [-0.2, -0.15) is 0 Å². The van der Waals surface area contributed by atoms with Gasteiger partial charge in [-0.3, -0.25) is 4.72 Å². The molecular weight excluding hydrogens is 274 g/mol. The van der Waals surface area contributed by atoms with Crippen LogP contribution in [-0.4, -0.2) is 13.5 Å². The molecule has 0 heterocycles. The summed E-state index contributed by atoms with van der Waals surface area (Å²) < 4.78 is 26.4. The molecule has 0 amide bonds. The van der Waals surface area contributed by atoms with Gasteiger partial charge in [0.15, 0.2) is 0 Å². The molecule has 4 nitrogen and oxygen atoms in total. The monoisotopic (exact) mass is 283 g/mol. The fourth-order valence-corrected chi connectivity index (χ4v) is 2.69. The first-order valence-electron chi connectivity index (χ1n) is 5.05. The highest BCUT2D eigenvalue weighted by atomic mass is 35.5. The molecule has 6 heteroatoms. The molecule has 2 N–H and O–H groups in total. The lowest BCUT2D eigenvalue weighted by molar-refractivity contribution is 0.475. The maximum Gasteiger partial charge on any atom is 0.261 e. The maximum atomic E-state index is 12.0. The second-order valence-electron chi connectivity index (χ2n) is 3.58. The van der Waals surface area contributed by atoms with E-state index in [0.29, 0.717) is 10.7 Å². The predicted molar refractivity (Wildman–Crippen MR) is 70.4 cm³/mol. The standard InChI is InChI=1S/C12H10ClNO3S/c13-11-3-1-2-4-12(11)14-18(16,17)10-7-5-9(15)6-8-10/h1-8,14-15H. The van der Waals surface area contributed by atoms with Gasteiger partial charge in [0.25, 0.3) is 10.0 Å². The van der Waals surface area contributed by atoms with Crippen molar-refractivity contribution in [3.05, 3.63) is 53.6 Å². The van der Waals surface area contributed by atoms with Crippen LogP contribution in [0.4, 0.5) is 5.69 Å². The topological polar surface area (TPSA) is 66.4 Å². The summed E-state index contributed by atoms with van der Waals surface area (Å²) in [4.78, 5) is 0.0558. The normalized spacial score (nSPS) is 11.2. The van der Waals surface area contributed by atoms with Gasteiger partial charge in [0.2, 0.25) is 0 Å². The molecule has 0 unspecified atom stereocenters. The Morgan fingerprint density at radius 3 is 2.22 bits per heavy atom. The van der Waals surface area contributed by atoms with Crippen LogP contribution in [0.1, 0.15) is 0 Å². The molecule has 94 valence electrons. The summed E-state index contributed by atoms with van der Waals surface area (Å²) in [5.41, 5.74) is 0.312. The van der Waals surface area contributed by atoms with Gasteiger partial charge >= 0.3 is 0 Å². The number of phenols is 1. The Bertz CT molecular complexity index is 653. The molecule has 0 bridgehead atoms. The highest BCUT2D eigenvalue weighted by Gasteiger charge is 2.15. The van der Waals surface area contributed by atoms with Gasteiger partial charge in [0, 0.05) is 0 Å². The van der Waals surface area contributed by atoms with E-state index in [2.05, 4.69) is 4.72 Å². The molecule has 0 saturated heterocycles. The molecule has 2 rings (SSSR count). The van der Waals surface area contributed by atoms with Crippen molar-refractivity contribution in [2.24, 2.45) is 0 Å². The van der Waals surface area contributed by atoms with E-state index in [9.17, 15) is 8.42 Å². The first-order valence-corrected chi connectivity index (χ1v) is 6.91. The highest BCUT2D eigenvalue weighted by molar-refractivity contribution is 7.92. The van der Waals surface area contributed by atoms with E-state index in [1.165, 1.54) is 24.3 Å². The fraction of sp³-hybridized carbons (Fsp3) is 0. The molecule has 0 radical (unpaired) electrons. The molecule has 0 aliphatic heterocycles. The number of anilines is 1. The Balaban J connectivity index is 2.33. The van der Waals surface area contributed by atoms with E-state index in [1.54, 1.807) is 24.3 Å². The third-order valence-electron chi connectivity index (χ3n) is 2.27. The van der Waals surface area contributed by atoms with E-state index in [4.69, 9.17) is 16.7 Å². The predicted octanol–water partition coefficient (Wildman–Crippen LogP) is 2.85. The quantitative estimate of drug-likeness (QED) is 0.910. The second kappa shape index (κ2) is 4.88. The molecule has 0 fully saturated rings. The number of phenolic OH excluding ortho intramolecular Hbond substituents is 1. The van der Waals surface area contributed by atoms with Gasteiger partial charge in [0.1, 0.15) is 5.75 Å². The van der Waals surface area contributed by atoms with Crippen LogP contribution in [0.2, 0.25) is 5.02 Å². The number of hydrogen-bond acceptors (Lipinski definition) is 3. The molecule has 18 heavy (non-hydrogen) atoms. The molecule has 0 aliphatic carbocycles. The van der Waals surface area contributed by atoms with Gasteiger partial charge in [-0.25, -0.2) is 8.42 Å². The van der Waals surface area contributed by atoms with Gasteiger partial charge in [-0.1, -0.05) is 23.7 Å². The lowest BCUT2D eigenvalue weighted by Gasteiger charge is -2.09. The Labute approximate surface area is 110 Å². The summed E-state index contributed by atoms with van der Waals surface area (Å²) in [5.74, 6) is 0.00620. The zero-order valence-corrected chi connectivity index (χ0v) is 10.7. The Kier molecular flexibility index (Phi) is 3.45. The first-order chi connectivity index (χ1) is 8.49. The van der Waals surface area contributed by atoms with Crippen LogP contribution in [0.5, 0.6) is 5.75 Å². The summed E-state index contributed by atoms with van der Waals surface area (Å²) in [6.07, 6.45) is 0. The molecule has 0 saturated carbocycles. The maximum absolute atomic E-state index is 12.0. The van der Waals surface area contributed by atoms with Crippen LogP contribution >= 0.6 is 11.6 Å². The van der Waals surface area contributed by atoms with Crippen LogP contribution in [0, 0.1) is 0 Å². The second-order valence-corrected chi connectivity index (χ2v) is 5.67. The number of nitrogens with one attached hydrogen (secondary N) is 1. The summed E-state index contributed by atoms with van der Waals surface area (Å²) >= 11 is 5.88. The largest absolute Gasteiger partial charge is 0.508 e. The third-order valence-corrected chi connectivity index (χ3v) is 3.98. The summed E-state index contributed by atoms with van der Waals surface area (Å²) in [6, 6.07) is 11.8. The molecule has 0 aromatic heterocycles. The molecule has 2 aromatic rings. The van der Waals surface area contributed by atoms with Crippen molar-refractivity contribution in [1.82, 2.24) is 0 Å². The van der Waals surface area contributed by atoms with Crippen molar-refractivity contribution in [3.8, 4) is 5.75 Å². The molecule has 2 aromatic carbocycles. The number of para-hydroxylation sites is 1. The number of rotatable bonds is 3. The van der Waals surface area contributed by atoms with Crippen molar-refractivity contribution >= 4 is 27.3 Å². The van der Waals surface area contributed by atoms with Gasteiger partial charge in [-0.05, 0) is 36.4 Å². The van der Waals surface area contributed by atoms with Crippen LogP contribution in [-0.2, 0) is 10.0 Å². The minimum atomic E-state index is -3.70. The first kappa shape index (κ1) is 12.7. The van der Waals surface area contributed by atoms with Crippen molar-refractivity contribution in [1.29, 1.82) is 0 Å². The number of halogens is 1. The summed E-state index contributed by atoms with van der Waals surface area (Å²) in [7, 11) is -3.70. The lowest BCUT2D eigenvalue weighted by Crippen LogP contribution is -2.12. The third kappa shape index (κ3) is 2.75. The van der Waals surface area contributed by atoms with Crippen molar-refractivity contribution in [2.75, 3.05) is 4.72 Å². The molecular formula is C12H10ClNO3S. The Morgan fingerprint density at radius 1 is 1.00 bits per heavy atom. The van der Waals surface area contributed by atoms with Crippen LogP contribution in [0.25, 0.3) is 0 Å². The highest BCUT2D eigenvalue weighted by Crippen LogP contribution is 2.24. The van der Waals surface area contributed by atoms with E-state index in [0.717, 1.165) is 0 Å². The van der Waals surface area contributed by atoms with Crippen molar-refractivity contribution in [3.63, 3.8) is 0 Å². The molecule has 0 spiro atoms. The number of sulfonamides is 1. The van der Waals surface area contributed by atoms with E-state index < -0.39 is 10.0 Å². The number of hydrogen-bond donors (Lipinski definition) is 2. The zero-order valence-electron chi connectivity index (χ0n) is 9.17. The smallest absolute Gasteiger partial charge is 0.261 e. The average Bonchev–Trinajstić information content (AvgIpc) is 2.32. The van der Waals surface area contributed by atoms with Crippen molar-refractivity contribution < 1.29 is 13.5 Å². The fourth-order valence-electron chi connectivity index (χ4n) is 1.37. The van der Waals surface area contributed by atoms with Gasteiger partial charge in [-0.15, -0.1) is 0 Å². The Morgan fingerprint density at radius 2 is 1.61 bits per heavy atom. The molecule has 0 atom stereocenters. The minimum absolute atomic E-state index is 0.00620. The minimum Gasteiger partial charge on any atom is -0.508 e.